The summed E-state index contributed by atoms with van der Waals surface area (Å²) in [4.78, 5) is 12.2. The topological polar surface area (TPSA) is 26.3 Å². The largest absolute Gasteiger partial charge is 0.423 e. The second-order valence-corrected chi connectivity index (χ2v) is 7.72. The van der Waals surface area contributed by atoms with Crippen LogP contribution in [0, 0.1) is 0 Å². The highest BCUT2D eigenvalue weighted by Gasteiger charge is 2.17. The van der Waals surface area contributed by atoms with Crippen molar-refractivity contribution in [2.75, 3.05) is 0 Å². The van der Waals surface area contributed by atoms with Crippen molar-refractivity contribution < 1.29 is 9.53 Å². The van der Waals surface area contributed by atoms with Gasteiger partial charge in [-0.3, -0.25) is 0 Å². The second-order valence-electron chi connectivity index (χ2n) is 7.72. The zero-order valence-electron chi connectivity index (χ0n) is 16.8. The lowest BCUT2D eigenvalue weighted by molar-refractivity contribution is -0.128. The third kappa shape index (κ3) is 2.55. The molecule has 2 nitrogen and oxygen atoms in total. The summed E-state index contributed by atoms with van der Waals surface area (Å²) >= 11 is 0. The van der Waals surface area contributed by atoms with Gasteiger partial charge in [-0.2, -0.15) is 0 Å². The van der Waals surface area contributed by atoms with Gasteiger partial charge in [0.15, 0.2) is 0 Å². The normalized spacial score (nSPS) is 11.5. The van der Waals surface area contributed by atoms with Crippen LogP contribution >= 0.6 is 0 Å². The van der Waals surface area contributed by atoms with Gasteiger partial charge in [-0.25, -0.2) is 4.79 Å². The number of carbonyl (C=O) groups excluding carboxylic acids is 1. The number of esters is 1. The number of rotatable bonds is 2. The summed E-state index contributed by atoms with van der Waals surface area (Å²) in [6.07, 6.45) is 1.21. The zero-order chi connectivity index (χ0) is 20.9. The highest BCUT2D eigenvalue weighted by molar-refractivity contribution is 6.34. The standard InChI is InChI=1S/C29H18O2/c1-2-27(30)31-26-17-18-9-3-4-10-19(18)24-15-16-25-22-13-6-5-11-20(22)21-12-7-8-14-23(21)28(25)29(24)26/h2-17H,1H2. The van der Waals surface area contributed by atoms with Crippen molar-refractivity contribution in [3.05, 3.63) is 104 Å². The molecule has 0 fully saturated rings. The van der Waals surface area contributed by atoms with Crippen LogP contribution in [0.5, 0.6) is 5.75 Å². The molecule has 0 aliphatic heterocycles. The van der Waals surface area contributed by atoms with Crippen LogP contribution in [0.25, 0.3) is 53.9 Å². The minimum Gasteiger partial charge on any atom is -0.423 e. The summed E-state index contributed by atoms with van der Waals surface area (Å²) in [5, 5.41) is 11.2. The third-order valence-corrected chi connectivity index (χ3v) is 6.07. The minimum atomic E-state index is -0.460. The van der Waals surface area contributed by atoms with Gasteiger partial charge < -0.3 is 4.74 Å². The number of ether oxygens (including phenoxy) is 1. The predicted molar refractivity (Wildman–Crippen MR) is 130 cm³/mol. The Balaban J connectivity index is 1.94. The van der Waals surface area contributed by atoms with Crippen LogP contribution in [0.1, 0.15) is 0 Å². The number of carbonyl (C=O) groups is 1. The molecule has 0 N–H and O–H groups in total. The summed E-state index contributed by atoms with van der Waals surface area (Å²) in [6, 6.07) is 31.4. The summed E-state index contributed by atoms with van der Waals surface area (Å²) in [6.45, 7) is 3.58. The van der Waals surface area contributed by atoms with Crippen LogP contribution in [0.15, 0.2) is 104 Å². The number of benzene rings is 6. The first-order valence-electron chi connectivity index (χ1n) is 10.3. The average molecular weight is 398 g/mol. The molecule has 6 aromatic carbocycles. The molecule has 0 spiro atoms. The Kier molecular flexibility index (Phi) is 3.81. The molecule has 0 saturated carbocycles. The maximum atomic E-state index is 12.2. The van der Waals surface area contributed by atoms with Gasteiger partial charge in [-0.05, 0) is 49.2 Å². The fourth-order valence-corrected chi connectivity index (χ4v) is 4.79. The van der Waals surface area contributed by atoms with Crippen molar-refractivity contribution in [2.45, 2.75) is 0 Å². The van der Waals surface area contributed by atoms with E-state index in [1.54, 1.807) is 0 Å². The first-order chi connectivity index (χ1) is 15.3. The Morgan fingerprint density at radius 2 is 1.10 bits per heavy atom. The van der Waals surface area contributed by atoms with E-state index in [1.807, 2.05) is 24.3 Å². The lowest BCUT2D eigenvalue weighted by Crippen LogP contribution is -2.04. The predicted octanol–water partition coefficient (Wildman–Crippen LogP) is 7.54. The van der Waals surface area contributed by atoms with E-state index in [4.69, 9.17) is 4.74 Å². The molecule has 146 valence electrons. The van der Waals surface area contributed by atoms with Gasteiger partial charge in [0.2, 0.25) is 0 Å². The van der Waals surface area contributed by atoms with Crippen molar-refractivity contribution in [3.63, 3.8) is 0 Å². The summed E-state index contributed by atoms with van der Waals surface area (Å²) < 4.78 is 5.80. The molecule has 0 aliphatic carbocycles. The monoisotopic (exact) mass is 398 g/mol. The van der Waals surface area contributed by atoms with E-state index < -0.39 is 5.97 Å². The molecule has 0 aliphatic rings. The van der Waals surface area contributed by atoms with E-state index in [0.717, 1.165) is 37.7 Å². The maximum Gasteiger partial charge on any atom is 0.335 e. The fraction of sp³-hybridized carbons (Fsp3) is 0. The molecular weight excluding hydrogens is 380 g/mol. The Morgan fingerprint density at radius 3 is 1.74 bits per heavy atom. The van der Waals surface area contributed by atoms with Gasteiger partial charge in [0.05, 0.1) is 0 Å². The fourth-order valence-electron chi connectivity index (χ4n) is 4.79. The lowest BCUT2D eigenvalue weighted by atomic mass is 9.89. The van der Waals surface area contributed by atoms with Gasteiger partial charge in [0.1, 0.15) is 5.75 Å². The molecule has 0 amide bonds. The molecule has 31 heavy (non-hydrogen) atoms. The second kappa shape index (κ2) is 6.68. The smallest absolute Gasteiger partial charge is 0.335 e. The van der Waals surface area contributed by atoms with Crippen molar-refractivity contribution >= 4 is 59.8 Å². The molecule has 0 radical (unpaired) electrons. The number of hydrogen-bond acceptors (Lipinski definition) is 2. The molecular formula is C29H18O2. The van der Waals surface area contributed by atoms with Crippen LogP contribution in [-0.4, -0.2) is 5.97 Å². The van der Waals surface area contributed by atoms with Crippen molar-refractivity contribution in [2.24, 2.45) is 0 Å². The molecule has 0 bridgehead atoms. The SMILES string of the molecule is C=CC(=O)Oc1cc2ccccc2c2ccc3c4ccccc4c4ccccc4c3c12. The van der Waals surface area contributed by atoms with Crippen molar-refractivity contribution in [1.82, 2.24) is 0 Å². The lowest BCUT2D eigenvalue weighted by Gasteiger charge is -2.16. The van der Waals surface area contributed by atoms with E-state index in [9.17, 15) is 4.79 Å². The Morgan fingerprint density at radius 1 is 0.613 bits per heavy atom. The molecule has 0 saturated heterocycles. The number of fused-ring (bicyclic) bond motifs is 10. The maximum absolute atomic E-state index is 12.2. The van der Waals surface area contributed by atoms with E-state index in [1.165, 1.54) is 22.2 Å². The van der Waals surface area contributed by atoms with E-state index in [2.05, 4.69) is 73.3 Å². The summed E-state index contributed by atoms with van der Waals surface area (Å²) in [5.41, 5.74) is 0. The Labute approximate surface area is 179 Å². The van der Waals surface area contributed by atoms with Gasteiger partial charge in [0, 0.05) is 16.8 Å². The minimum absolute atomic E-state index is 0.460. The highest BCUT2D eigenvalue weighted by atomic mass is 16.5. The van der Waals surface area contributed by atoms with E-state index >= 15 is 0 Å². The van der Waals surface area contributed by atoms with E-state index in [-0.39, 0.29) is 0 Å². The summed E-state index contributed by atoms with van der Waals surface area (Å²) in [5.74, 6) is 0.100. The molecule has 0 unspecified atom stereocenters. The molecule has 6 rings (SSSR count). The number of hydrogen-bond donors (Lipinski definition) is 0. The van der Waals surface area contributed by atoms with E-state index in [0.29, 0.717) is 5.75 Å². The molecule has 0 heterocycles. The molecule has 0 aromatic heterocycles. The van der Waals surface area contributed by atoms with Crippen LogP contribution in [0.2, 0.25) is 0 Å². The zero-order valence-corrected chi connectivity index (χ0v) is 16.8. The Bertz CT molecular complexity index is 1660. The highest BCUT2D eigenvalue weighted by Crippen LogP contribution is 2.44. The van der Waals surface area contributed by atoms with Crippen molar-refractivity contribution in [1.29, 1.82) is 0 Å². The quantitative estimate of drug-likeness (QED) is 0.130. The first-order valence-corrected chi connectivity index (χ1v) is 10.3. The Hall–Kier alpha value is -4.17. The van der Waals surface area contributed by atoms with Gasteiger partial charge in [0.25, 0.3) is 0 Å². The average Bonchev–Trinajstić information content (AvgIpc) is 2.83. The molecule has 2 heteroatoms. The molecule has 0 atom stereocenters. The van der Waals surface area contributed by atoms with Gasteiger partial charge >= 0.3 is 5.97 Å². The summed E-state index contributed by atoms with van der Waals surface area (Å²) in [7, 11) is 0. The van der Waals surface area contributed by atoms with Gasteiger partial charge in [-0.15, -0.1) is 0 Å². The third-order valence-electron chi connectivity index (χ3n) is 6.07. The van der Waals surface area contributed by atoms with Crippen LogP contribution < -0.4 is 4.74 Å². The van der Waals surface area contributed by atoms with Crippen LogP contribution in [-0.2, 0) is 4.79 Å². The van der Waals surface area contributed by atoms with Crippen LogP contribution in [0.4, 0.5) is 0 Å². The van der Waals surface area contributed by atoms with Crippen LogP contribution in [0.3, 0.4) is 0 Å². The first kappa shape index (κ1) is 17.7. The molecule has 6 aromatic rings. The van der Waals surface area contributed by atoms with Gasteiger partial charge in [-0.1, -0.05) is 91.5 Å². The van der Waals surface area contributed by atoms with Crippen molar-refractivity contribution in [3.8, 4) is 5.75 Å².